The number of fused-ring (bicyclic) bond motifs is 1. The zero-order chi connectivity index (χ0) is 17.8. The quantitative estimate of drug-likeness (QED) is 0.651. The van der Waals surface area contributed by atoms with Gasteiger partial charge in [0.05, 0.1) is 10.6 Å². The molecule has 1 amide bonds. The third-order valence-corrected chi connectivity index (χ3v) is 4.80. The van der Waals surface area contributed by atoms with Crippen LogP contribution in [0.5, 0.6) is 11.5 Å². The Morgan fingerprint density at radius 2 is 1.92 bits per heavy atom. The highest BCUT2D eigenvalue weighted by atomic mass is 35.5. The van der Waals surface area contributed by atoms with E-state index in [1.807, 2.05) is 0 Å². The molecule has 1 N–H and O–H groups in total. The van der Waals surface area contributed by atoms with Crippen LogP contribution in [0.3, 0.4) is 0 Å². The smallest absolute Gasteiger partial charge is 0.339 e. The van der Waals surface area contributed by atoms with E-state index in [0.29, 0.717) is 11.5 Å². The molecule has 0 unspecified atom stereocenters. The summed E-state index contributed by atoms with van der Waals surface area (Å²) in [7, 11) is 0. The van der Waals surface area contributed by atoms with Crippen LogP contribution >= 0.6 is 11.6 Å². The van der Waals surface area contributed by atoms with Crippen molar-refractivity contribution in [3.8, 4) is 11.5 Å². The standard InChI is InChI=1S/C18H22ClNO5/c1-11(17(21)20-13-6-4-2-3-5-7-13)25-18(22)12-8-14(19)16-15(9-12)23-10-24-16/h8-9,11,13H,2-7,10H2,1H3,(H,20,21)/t11-/m1/s1. The Balaban J connectivity index is 1.58. The van der Waals surface area contributed by atoms with E-state index < -0.39 is 12.1 Å². The van der Waals surface area contributed by atoms with Gasteiger partial charge in [-0.15, -0.1) is 0 Å². The second-order valence-electron chi connectivity index (χ2n) is 6.44. The Morgan fingerprint density at radius 1 is 1.20 bits per heavy atom. The van der Waals surface area contributed by atoms with Crippen molar-refractivity contribution in [3.63, 3.8) is 0 Å². The molecule has 0 bridgehead atoms. The molecule has 1 aliphatic carbocycles. The van der Waals surface area contributed by atoms with Crippen LogP contribution in [0.1, 0.15) is 55.8 Å². The Hall–Kier alpha value is -1.95. The molecule has 25 heavy (non-hydrogen) atoms. The van der Waals surface area contributed by atoms with Gasteiger partial charge in [0.1, 0.15) is 0 Å². The summed E-state index contributed by atoms with van der Waals surface area (Å²) in [4.78, 5) is 24.6. The van der Waals surface area contributed by atoms with Crippen molar-refractivity contribution in [3.05, 3.63) is 22.7 Å². The Labute approximate surface area is 151 Å². The van der Waals surface area contributed by atoms with E-state index in [9.17, 15) is 9.59 Å². The van der Waals surface area contributed by atoms with Crippen molar-refractivity contribution < 1.29 is 23.8 Å². The lowest BCUT2D eigenvalue weighted by Crippen LogP contribution is -2.41. The SMILES string of the molecule is C[C@@H](OC(=O)c1cc(Cl)c2c(c1)OCO2)C(=O)NC1CCCCCC1. The maximum atomic E-state index is 12.3. The van der Waals surface area contributed by atoms with Crippen molar-refractivity contribution in [1.29, 1.82) is 0 Å². The summed E-state index contributed by atoms with van der Waals surface area (Å²) in [5.41, 5.74) is 0.225. The first-order valence-corrected chi connectivity index (χ1v) is 9.03. The number of halogens is 1. The van der Waals surface area contributed by atoms with Gasteiger partial charge in [0.25, 0.3) is 5.91 Å². The van der Waals surface area contributed by atoms with E-state index in [-0.39, 0.29) is 29.3 Å². The highest BCUT2D eigenvalue weighted by Gasteiger charge is 2.25. The molecular formula is C18H22ClNO5. The lowest BCUT2D eigenvalue weighted by atomic mass is 10.1. The van der Waals surface area contributed by atoms with Gasteiger partial charge in [-0.2, -0.15) is 0 Å². The molecule has 1 aromatic carbocycles. The normalized spacial score (nSPS) is 18.3. The topological polar surface area (TPSA) is 73.9 Å². The second kappa shape index (κ2) is 7.95. The molecule has 1 fully saturated rings. The number of hydrogen-bond donors (Lipinski definition) is 1. The van der Waals surface area contributed by atoms with Crippen molar-refractivity contribution in [1.82, 2.24) is 5.32 Å². The molecule has 0 aromatic heterocycles. The summed E-state index contributed by atoms with van der Waals surface area (Å²) in [5, 5.41) is 3.26. The highest BCUT2D eigenvalue weighted by Crippen LogP contribution is 2.39. The molecule has 1 saturated carbocycles. The minimum absolute atomic E-state index is 0.0632. The van der Waals surface area contributed by atoms with E-state index in [1.165, 1.54) is 25.0 Å². The first kappa shape index (κ1) is 17.9. The van der Waals surface area contributed by atoms with E-state index in [4.69, 9.17) is 25.8 Å². The van der Waals surface area contributed by atoms with Gasteiger partial charge in [-0.05, 0) is 31.9 Å². The number of esters is 1. The number of benzene rings is 1. The highest BCUT2D eigenvalue weighted by molar-refractivity contribution is 6.32. The molecule has 6 nitrogen and oxygen atoms in total. The molecule has 1 atom stereocenters. The first-order chi connectivity index (χ1) is 12.0. The van der Waals surface area contributed by atoms with Gasteiger partial charge >= 0.3 is 5.97 Å². The monoisotopic (exact) mass is 367 g/mol. The van der Waals surface area contributed by atoms with Crippen LogP contribution in [0, 0.1) is 0 Å². The third-order valence-electron chi connectivity index (χ3n) is 4.52. The second-order valence-corrected chi connectivity index (χ2v) is 6.84. The summed E-state index contributed by atoms with van der Waals surface area (Å²) in [5.74, 6) is -0.0804. The fourth-order valence-electron chi connectivity index (χ4n) is 3.11. The number of carbonyl (C=O) groups is 2. The number of hydrogen-bond acceptors (Lipinski definition) is 5. The van der Waals surface area contributed by atoms with E-state index in [0.717, 1.165) is 25.7 Å². The Bertz CT molecular complexity index is 655. The predicted molar refractivity (Wildman–Crippen MR) is 92.1 cm³/mol. The van der Waals surface area contributed by atoms with Gasteiger partial charge in [0.15, 0.2) is 17.6 Å². The molecule has 0 spiro atoms. The average molecular weight is 368 g/mol. The third kappa shape index (κ3) is 4.37. The molecule has 7 heteroatoms. The molecule has 0 radical (unpaired) electrons. The predicted octanol–water partition coefficient (Wildman–Crippen LogP) is 3.45. The number of carbonyl (C=O) groups excluding carboxylic acids is 2. The minimum Gasteiger partial charge on any atom is -0.454 e. The number of rotatable bonds is 4. The summed E-state index contributed by atoms with van der Waals surface area (Å²) in [6.45, 7) is 1.63. The molecule has 1 heterocycles. The molecule has 2 aliphatic rings. The van der Waals surface area contributed by atoms with Crippen molar-refractivity contribution in [2.24, 2.45) is 0 Å². The summed E-state index contributed by atoms with van der Waals surface area (Å²) in [6.07, 6.45) is 5.74. The van der Waals surface area contributed by atoms with Gasteiger partial charge in [0.2, 0.25) is 6.79 Å². The number of ether oxygens (including phenoxy) is 3. The van der Waals surface area contributed by atoms with Gasteiger partial charge < -0.3 is 19.5 Å². The molecular weight excluding hydrogens is 346 g/mol. The maximum Gasteiger partial charge on any atom is 0.339 e. The zero-order valence-electron chi connectivity index (χ0n) is 14.2. The van der Waals surface area contributed by atoms with Crippen LogP contribution in [-0.4, -0.2) is 30.8 Å². The van der Waals surface area contributed by atoms with E-state index >= 15 is 0 Å². The average Bonchev–Trinajstić information content (AvgIpc) is 2.92. The van der Waals surface area contributed by atoms with Crippen LogP contribution in [0.25, 0.3) is 0 Å². The summed E-state index contributed by atoms with van der Waals surface area (Å²) < 4.78 is 15.7. The van der Waals surface area contributed by atoms with Gasteiger partial charge in [0, 0.05) is 6.04 Å². The zero-order valence-corrected chi connectivity index (χ0v) is 14.9. The fraction of sp³-hybridized carbons (Fsp3) is 0.556. The van der Waals surface area contributed by atoms with Gasteiger partial charge in [-0.1, -0.05) is 37.3 Å². The molecule has 3 rings (SSSR count). The molecule has 0 saturated heterocycles. The van der Waals surface area contributed by atoms with Crippen LogP contribution < -0.4 is 14.8 Å². The van der Waals surface area contributed by atoms with Crippen LogP contribution in [0.4, 0.5) is 0 Å². The minimum atomic E-state index is -0.875. The number of amides is 1. The summed E-state index contributed by atoms with van der Waals surface area (Å²) >= 11 is 6.07. The van der Waals surface area contributed by atoms with Crippen molar-refractivity contribution in [2.75, 3.05) is 6.79 Å². The van der Waals surface area contributed by atoms with Gasteiger partial charge in [-0.3, -0.25) is 4.79 Å². The maximum absolute atomic E-state index is 12.3. The molecule has 1 aromatic rings. The first-order valence-electron chi connectivity index (χ1n) is 8.65. The summed E-state index contributed by atoms with van der Waals surface area (Å²) in [6, 6.07) is 3.12. The molecule has 136 valence electrons. The molecule has 1 aliphatic heterocycles. The lowest BCUT2D eigenvalue weighted by molar-refractivity contribution is -0.129. The van der Waals surface area contributed by atoms with Crippen molar-refractivity contribution >= 4 is 23.5 Å². The van der Waals surface area contributed by atoms with Gasteiger partial charge in [-0.25, -0.2) is 4.79 Å². The van der Waals surface area contributed by atoms with E-state index in [2.05, 4.69) is 5.32 Å². The largest absolute Gasteiger partial charge is 0.454 e. The van der Waals surface area contributed by atoms with E-state index in [1.54, 1.807) is 6.92 Å². The lowest BCUT2D eigenvalue weighted by Gasteiger charge is -2.19. The number of nitrogens with one attached hydrogen (secondary N) is 1. The van der Waals surface area contributed by atoms with Crippen molar-refractivity contribution in [2.45, 2.75) is 57.6 Å². The van der Waals surface area contributed by atoms with Crippen LogP contribution in [0.15, 0.2) is 12.1 Å². The Morgan fingerprint density at radius 3 is 2.64 bits per heavy atom. The van der Waals surface area contributed by atoms with Crippen LogP contribution in [-0.2, 0) is 9.53 Å². The Kier molecular flexibility index (Phi) is 5.68. The van der Waals surface area contributed by atoms with Crippen LogP contribution in [0.2, 0.25) is 5.02 Å². The fourth-order valence-corrected chi connectivity index (χ4v) is 3.37.